The molecule has 9 aromatic heterocycles. The smallest absolute Gasteiger partial charge is 0.335 e. The minimum absolute atomic E-state index is 0.0741. The Kier molecular flexibility index (Phi) is 32.3. The normalized spacial score (nSPS) is 10.2. The number of anilines is 4. The molecule has 0 saturated carbocycles. The number of oxazole rings is 1. The average Bonchev–Trinajstić information content (AvgIpc) is 1.79. The first kappa shape index (κ1) is 81.3. The molecule has 0 aliphatic heterocycles. The lowest BCUT2D eigenvalue weighted by Gasteiger charge is -2.20. The number of hydrogen-bond donors (Lipinski definition) is 11. The van der Waals surface area contributed by atoms with Gasteiger partial charge < -0.3 is 39.0 Å². The van der Waals surface area contributed by atoms with Crippen LogP contribution < -0.4 is 10.6 Å². The Morgan fingerprint density at radius 1 is 0.505 bits per heavy atom. The van der Waals surface area contributed by atoms with Gasteiger partial charge in [0, 0.05) is 18.8 Å². The van der Waals surface area contributed by atoms with Crippen LogP contribution in [0.1, 0.15) is 37.0 Å². The Labute approximate surface area is 656 Å². The predicted molar refractivity (Wildman–Crippen MR) is 428 cm³/mol. The minimum atomic E-state index is -0.965. The summed E-state index contributed by atoms with van der Waals surface area (Å²) in [6, 6.07) is 61.8. The molecule has 0 aliphatic carbocycles. The number of carboxylic acid groups (broad SMARTS) is 1. The van der Waals surface area contributed by atoms with E-state index in [0.29, 0.717) is 35.6 Å². The van der Waals surface area contributed by atoms with Crippen molar-refractivity contribution in [3.63, 3.8) is 0 Å². The van der Waals surface area contributed by atoms with Crippen LogP contribution in [0.25, 0.3) is 38.4 Å². The Balaban J connectivity index is 0.000000154. The van der Waals surface area contributed by atoms with Gasteiger partial charge in [0.05, 0.1) is 50.6 Å². The molecule has 0 unspecified atom stereocenters. The number of H-pyrrole nitrogens is 9. The summed E-state index contributed by atoms with van der Waals surface area (Å²) in [7, 11) is 0. The van der Waals surface area contributed by atoms with Crippen molar-refractivity contribution in [2.45, 2.75) is 40.8 Å². The van der Waals surface area contributed by atoms with Gasteiger partial charge in [0.2, 0.25) is 19.1 Å². The molecular formula is C64H66N28O5S10. The third-order valence-corrected chi connectivity index (χ3v) is 17.0. The van der Waals surface area contributed by atoms with E-state index in [-0.39, 0.29) is 26.0 Å². The highest BCUT2D eigenvalue weighted by atomic mass is 32.1. The van der Waals surface area contributed by atoms with Crippen molar-refractivity contribution in [3.8, 4) is 17.1 Å². The maximum Gasteiger partial charge on any atom is 0.335 e. The Bertz CT molecular complexity index is 5670. The molecule has 7 aromatic carbocycles. The number of carbonyl (C=O) groups is 1. The molecule has 0 atom stereocenters. The van der Waals surface area contributed by atoms with Crippen LogP contribution in [-0.2, 0) is 13.1 Å². The number of hydrogen-bond acceptors (Lipinski definition) is 28. The highest BCUT2D eigenvalue weighted by Gasteiger charge is 2.16. The number of rotatable bonds is 13. The second-order valence-electron chi connectivity index (χ2n) is 20.7. The summed E-state index contributed by atoms with van der Waals surface area (Å²) >= 11 is 45.4. The number of aromatic amines is 9. The van der Waals surface area contributed by atoms with Gasteiger partial charge in [-0.1, -0.05) is 152 Å². The number of aryl methyl sites for hydroxylation is 2. The van der Waals surface area contributed by atoms with Crippen LogP contribution in [0.5, 0.6) is 0 Å². The number of aromatic nitrogens is 25. The van der Waals surface area contributed by atoms with Crippen LogP contribution in [-0.4, -0.2) is 162 Å². The first-order chi connectivity index (χ1) is 51.8. The maximum absolute atomic E-state index is 10.6. The van der Waals surface area contributed by atoms with E-state index in [0.717, 1.165) is 81.9 Å². The molecule has 0 fully saturated rings. The molecule has 552 valence electrons. The highest BCUT2D eigenvalue weighted by molar-refractivity contribution is 7.74. The van der Waals surface area contributed by atoms with Gasteiger partial charge in [-0.2, -0.15) is 26.0 Å². The van der Waals surface area contributed by atoms with E-state index in [4.69, 9.17) is 117 Å². The molecule has 16 rings (SSSR count). The molecule has 33 nitrogen and oxygen atoms in total. The number of likely N-dealkylation sites (N-methyl/N-ethyl adjacent to an activating group) is 1. The summed E-state index contributed by atoms with van der Waals surface area (Å²) in [5.74, 6) is -0.0934. The van der Waals surface area contributed by atoms with E-state index in [9.17, 15) is 4.79 Å². The largest absolute Gasteiger partial charge is 0.478 e. The molecule has 16 aromatic rings. The van der Waals surface area contributed by atoms with Crippen molar-refractivity contribution in [3.05, 3.63) is 248 Å². The molecule has 0 saturated heterocycles. The molecule has 0 amide bonds. The predicted octanol–water partition coefficient (Wildman–Crippen LogP) is 15.6. The van der Waals surface area contributed by atoms with Crippen molar-refractivity contribution >= 4 is 172 Å². The van der Waals surface area contributed by atoms with Gasteiger partial charge in [-0.15, -0.1) is 21.5 Å². The van der Waals surface area contributed by atoms with Gasteiger partial charge in [0.15, 0.2) is 14.3 Å². The van der Waals surface area contributed by atoms with Gasteiger partial charge in [0.1, 0.15) is 5.82 Å². The molecule has 107 heavy (non-hydrogen) atoms. The molecule has 0 radical (unpaired) electrons. The zero-order valence-corrected chi connectivity index (χ0v) is 65.0. The number of nitrogen functional groups attached to an aromatic ring is 1. The number of carboxylic acids is 1. The van der Waals surface area contributed by atoms with E-state index in [1.165, 1.54) is 21.5 Å². The third kappa shape index (κ3) is 25.4. The Morgan fingerprint density at radius 2 is 0.991 bits per heavy atom. The van der Waals surface area contributed by atoms with Gasteiger partial charge >= 0.3 is 18.0 Å². The van der Waals surface area contributed by atoms with E-state index in [1.54, 1.807) is 37.5 Å². The fraction of sp³-hybridized carbons (Fsp3) is 0.141. The van der Waals surface area contributed by atoms with Crippen LogP contribution in [0.15, 0.2) is 207 Å². The summed E-state index contributed by atoms with van der Waals surface area (Å²) in [6.45, 7) is 12.9. The fourth-order valence-corrected chi connectivity index (χ4v) is 11.4. The Hall–Kier alpha value is -11.4. The number of fused-ring (bicyclic) bond motifs is 2. The topological polar surface area (TPSA) is 418 Å². The molecule has 0 aliphatic rings. The van der Waals surface area contributed by atoms with E-state index >= 15 is 0 Å². The van der Waals surface area contributed by atoms with Crippen LogP contribution in [0.2, 0.25) is 0 Å². The zero-order chi connectivity index (χ0) is 76.5. The van der Waals surface area contributed by atoms with E-state index in [1.807, 2.05) is 187 Å². The number of para-hydroxylation sites is 7. The lowest BCUT2D eigenvalue weighted by Crippen LogP contribution is -2.27. The Morgan fingerprint density at radius 3 is 1.42 bits per heavy atom. The number of nitrogens with zero attached hydrogens (tertiary/aromatic N) is 18. The van der Waals surface area contributed by atoms with Crippen molar-refractivity contribution in [2.24, 2.45) is 0 Å². The van der Waals surface area contributed by atoms with E-state index < -0.39 is 5.97 Å². The number of nitrogens with two attached hydrogens (primary N) is 1. The van der Waals surface area contributed by atoms with Crippen molar-refractivity contribution in [2.75, 3.05) is 30.3 Å². The van der Waals surface area contributed by atoms with Crippen molar-refractivity contribution in [1.82, 2.24) is 131 Å². The lowest BCUT2D eigenvalue weighted by atomic mass is 10.2. The third-order valence-electron chi connectivity index (χ3n) is 13.9. The molecule has 43 heteroatoms. The standard InChI is InChI=1S/C14H11N3OS.C9H9N3S.C8H6N4O2S.C7H15N5S.C7H6N4S.C7H5NOS.C7H5NS2.C3H6N4S.C2H3N3OS/c19-14-16-15-13(18-14)17(11-7-3-1-4-8-11)12-9-5-2-6-10-12;1-7-10-11-9(13)12(7)8-5-3-2-4-6-8;13-7(14)5-1-3-6(4-2-5)12-8(15)9-10-11-12;1-3-11(4-2)5-6-12-7(13)8-9-10-12;12-7-8-9-10-11(7)6-4-2-1-3-5-6;10-7-8-5-3-1-2-4-6(5)9-7;9-7-8-5-3-1-2-4-6(5)10-7;1-2-7-3(8)4-5-6-7;3-1-4-5-2(7)6-1/h1-10H,(H,16,19);2-6H,1H3,(H,11,13);1-4H,(H,13,14)(H,9,11,15);3-6H2,1-2H3,(H,8,10,13);1-5H,(H,8,10,12);1-4H,(H,8,10);1-4H,(H,8,9);2H2,1H3,(H,4,6,8);(H2,3,4)(H,5,7). The van der Waals surface area contributed by atoms with Crippen LogP contribution in [0.3, 0.4) is 0 Å². The van der Waals surface area contributed by atoms with E-state index in [2.05, 4.69) is 144 Å². The second kappa shape index (κ2) is 42.5. The zero-order valence-electron chi connectivity index (χ0n) is 56.8. The van der Waals surface area contributed by atoms with Gasteiger partial charge in [0.25, 0.3) is 14.5 Å². The van der Waals surface area contributed by atoms with Gasteiger partial charge in [-0.3, -0.25) is 14.6 Å². The lowest BCUT2D eigenvalue weighted by molar-refractivity contribution is 0.0696. The van der Waals surface area contributed by atoms with Crippen molar-refractivity contribution in [1.29, 1.82) is 0 Å². The summed E-state index contributed by atoms with van der Waals surface area (Å²) < 4.78 is 28.0. The van der Waals surface area contributed by atoms with Gasteiger partial charge in [-0.25, -0.2) is 33.7 Å². The number of nitrogens with one attached hydrogen (secondary N) is 9. The number of aromatic carboxylic acids is 1. The van der Waals surface area contributed by atoms with Crippen LogP contribution in [0.4, 0.5) is 23.4 Å². The minimum Gasteiger partial charge on any atom is -0.478 e. The summed E-state index contributed by atoms with van der Waals surface area (Å²) in [6.07, 6.45) is 0. The average molecular weight is 1630 g/mol. The number of thiazole rings is 1. The first-order valence-electron chi connectivity index (χ1n) is 31.5. The SMILES string of the molecule is CCN(CC)CCn1[nH]nnc1=S.CCn1[nH]nnc1=S.Cc1n[nH]c(=S)n1-c1ccccc1.Nc1n[nH]c(=S)o1.O=C(O)c1ccc(-n2[nH]nnc2=S)cc1.S=c1[nH]c2ccccc2o1.S=c1[nH]c2ccccc2s1.S=c1[nH]nc(N(c2ccccc2)c2ccccc2)o1.S=c1nn[nH]n1-c1ccccc1. The number of benzene rings is 7. The summed E-state index contributed by atoms with van der Waals surface area (Å²) in [4.78, 5) is 21.7. The van der Waals surface area contributed by atoms with Gasteiger partial charge in [-0.05, 0) is 234 Å². The quantitative estimate of drug-likeness (QED) is 0.0478. The molecule has 0 spiro atoms. The fourth-order valence-electron chi connectivity index (χ4n) is 8.75. The summed E-state index contributed by atoms with van der Waals surface area (Å²) in [5, 5.41) is 67.3. The van der Waals surface area contributed by atoms with Crippen LogP contribution >= 0.6 is 121 Å². The molecule has 12 N–H and O–H groups in total. The molecule has 9 heterocycles. The highest BCUT2D eigenvalue weighted by Crippen LogP contribution is 2.32. The summed E-state index contributed by atoms with van der Waals surface area (Å²) in [5.41, 5.74) is 12.7. The maximum atomic E-state index is 10.6. The monoisotopic (exact) mass is 1630 g/mol. The first-order valence-corrected chi connectivity index (χ1v) is 36.0. The molecular weight excluding hydrogens is 1560 g/mol. The number of tetrazole rings is 4. The molecule has 0 bridgehead atoms. The van der Waals surface area contributed by atoms with Crippen molar-refractivity contribution < 1.29 is 23.2 Å². The van der Waals surface area contributed by atoms with Crippen LogP contribution in [0, 0.1) is 49.2 Å². The second-order valence-corrected chi connectivity index (χ2v) is 25.4.